The standard InChI is InChI=1S/C15H15BrClNO5S2/c1-3-23-14-7-4-10(16)8-15(14)25(21,22)18-13-9-11(24(2,19)20)5-6-12(13)17/h4-9,18H,3H2,1-2H3. The first-order chi connectivity index (χ1) is 11.5. The maximum absolute atomic E-state index is 12.7. The molecule has 0 amide bonds. The summed E-state index contributed by atoms with van der Waals surface area (Å²) < 4.78 is 57.0. The summed E-state index contributed by atoms with van der Waals surface area (Å²) >= 11 is 9.23. The average molecular weight is 469 g/mol. The number of anilines is 1. The van der Waals surface area contributed by atoms with E-state index in [1.807, 2.05) is 0 Å². The molecule has 0 saturated heterocycles. The molecule has 1 N–H and O–H groups in total. The van der Waals surface area contributed by atoms with Gasteiger partial charge in [-0.05, 0) is 43.3 Å². The van der Waals surface area contributed by atoms with Crippen molar-refractivity contribution in [3.63, 3.8) is 0 Å². The van der Waals surface area contributed by atoms with Crippen LogP contribution in [0.25, 0.3) is 0 Å². The first kappa shape index (κ1) is 20.0. The Bertz CT molecular complexity index is 1010. The van der Waals surface area contributed by atoms with Crippen LogP contribution in [0.15, 0.2) is 50.7 Å². The molecule has 0 heterocycles. The van der Waals surface area contributed by atoms with Gasteiger partial charge < -0.3 is 4.74 Å². The number of hydrogen-bond donors (Lipinski definition) is 1. The molecule has 10 heteroatoms. The van der Waals surface area contributed by atoms with Crippen LogP contribution in [-0.2, 0) is 19.9 Å². The molecule has 0 aliphatic heterocycles. The molecule has 0 unspecified atom stereocenters. The first-order valence-electron chi connectivity index (χ1n) is 6.99. The van der Waals surface area contributed by atoms with Gasteiger partial charge in [-0.15, -0.1) is 0 Å². The van der Waals surface area contributed by atoms with Crippen molar-refractivity contribution >= 4 is 53.1 Å². The molecule has 2 aromatic rings. The fraction of sp³-hybridized carbons (Fsp3) is 0.200. The number of nitrogens with one attached hydrogen (secondary N) is 1. The van der Waals surface area contributed by atoms with E-state index in [1.54, 1.807) is 13.0 Å². The predicted octanol–water partition coefficient (Wildman–Crippen LogP) is 3.71. The van der Waals surface area contributed by atoms with Crippen LogP contribution >= 0.6 is 27.5 Å². The van der Waals surface area contributed by atoms with E-state index in [-0.39, 0.29) is 32.9 Å². The number of sulfone groups is 1. The second kappa shape index (κ2) is 7.53. The van der Waals surface area contributed by atoms with E-state index < -0.39 is 19.9 Å². The lowest BCUT2D eigenvalue weighted by molar-refractivity contribution is 0.331. The summed E-state index contributed by atoms with van der Waals surface area (Å²) in [7, 11) is -7.57. The maximum atomic E-state index is 12.7. The Balaban J connectivity index is 2.52. The number of hydrogen-bond acceptors (Lipinski definition) is 5. The Labute approximate surface area is 160 Å². The van der Waals surface area contributed by atoms with Crippen molar-refractivity contribution in [1.82, 2.24) is 0 Å². The SMILES string of the molecule is CCOc1ccc(Br)cc1S(=O)(=O)Nc1cc(S(C)(=O)=O)ccc1Cl. The Hall–Kier alpha value is -1.29. The molecule has 25 heavy (non-hydrogen) atoms. The van der Waals surface area contributed by atoms with Crippen LogP contribution in [0, 0.1) is 0 Å². The molecular formula is C15H15BrClNO5S2. The van der Waals surface area contributed by atoms with Gasteiger partial charge in [-0.3, -0.25) is 4.72 Å². The molecule has 6 nitrogen and oxygen atoms in total. The highest BCUT2D eigenvalue weighted by molar-refractivity contribution is 9.10. The summed E-state index contributed by atoms with van der Waals surface area (Å²) in [5.41, 5.74) is -0.0352. The third-order valence-corrected chi connectivity index (χ3v) is 6.43. The molecular weight excluding hydrogens is 454 g/mol. The molecule has 0 aliphatic rings. The predicted molar refractivity (Wildman–Crippen MR) is 101 cm³/mol. The van der Waals surface area contributed by atoms with Gasteiger partial charge in [0.2, 0.25) is 0 Å². The van der Waals surface area contributed by atoms with Gasteiger partial charge >= 0.3 is 0 Å². The zero-order chi connectivity index (χ0) is 18.8. The topological polar surface area (TPSA) is 89.5 Å². The average Bonchev–Trinajstić information content (AvgIpc) is 2.50. The quantitative estimate of drug-likeness (QED) is 0.698. The van der Waals surface area contributed by atoms with Crippen molar-refractivity contribution < 1.29 is 21.6 Å². The molecule has 136 valence electrons. The van der Waals surface area contributed by atoms with Gasteiger partial charge in [-0.1, -0.05) is 27.5 Å². The van der Waals surface area contributed by atoms with Crippen LogP contribution in [0.4, 0.5) is 5.69 Å². The molecule has 0 atom stereocenters. The van der Waals surface area contributed by atoms with Crippen LogP contribution in [0.3, 0.4) is 0 Å². The minimum Gasteiger partial charge on any atom is -0.492 e. The van der Waals surface area contributed by atoms with Gasteiger partial charge in [0, 0.05) is 10.7 Å². The maximum Gasteiger partial charge on any atom is 0.265 e. The minimum atomic E-state index is -4.06. The third kappa shape index (κ3) is 4.87. The van der Waals surface area contributed by atoms with Crippen molar-refractivity contribution in [1.29, 1.82) is 0 Å². The lowest BCUT2D eigenvalue weighted by Gasteiger charge is -2.14. The third-order valence-electron chi connectivity index (χ3n) is 3.11. The van der Waals surface area contributed by atoms with Gasteiger partial charge in [-0.25, -0.2) is 16.8 Å². The molecule has 2 aromatic carbocycles. The minimum absolute atomic E-state index is 0.0352. The summed E-state index contributed by atoms with van der Waals surface area (Å²) in [6.45, 7) is 2.02. The van der Waals surface area contributed by atoms with E-state index >= 15 is 0 Å². The summed E-state index contributed by atoms with van der Waals surface area (Å²) in [5.74, 6) is 0.175. The molecule has 0 spiro atoms. The summed E-state index contributed by atoms with van der Waals surface area (Å²) in [6.07, 6.45) is 1.02. The highest BCUT2D eigenvalue weighted by Gasteiger charge is 2.22. The van der Waals surface area contributed by atoms with Crippen molar-refractivity contribution in [2.24, 2.45) is 0 Å². The molecule has 0 aromatic heterocycles. The van der Waals surface area contributed by atoms with Gasteiger partial charge in [0.15, 0.2) is 9.84 Å². The summed E-state index contributed by atoms with van der Waals surface area (Å²) in [5, 5.41) is 0.0731. The normalized spacial score (nSPS) is 12.0. The smallest absolute Gasteiger partial charge is 0.265 e. The van der Waals surface area contributed by atoms with Crippen LogP contribution in [0.2, 0.25) is 5.02 Å². The Morgan fingerprint density at radius 1 is 1.12 bits per heavy atom. The highest BCUT2D eigenvalue weighted by Crippen LogP contribution is 2.32. The van der Waals surface area contributed by atoms with Crippen LogP contribution < -0.4 is 9.46 Å². The van der Waals surface area contributed by atoms with E-state index in [9.17, 15) is 16.8 Å². The van der Waals surface area contributed by atoms with E-state index in [4.69, 9.17) is 16.3 Å². The fourth-order valence-electron chi connectivity index (χ4n) is 1.98. The van der Waals surface area contributed by atoms with Gasteiger partial charge in [-0.2, -0.15) is 0 Å². The molecule has 2 rings (SSSR count). The largest absolute Gasteiger partial charge is 0.492 e. The molecule has 0 bridgehead atoms. The lowest BCUT2D eigenvalue weighted by Crippen LogP contribution is -2.15. The second-order valence-corrected chi connectivity index (χ2v) is 10.0. The lowest BCUT2D eigenvalue weighted by atomic mass is 10.3. The summed E-state index contributed by atoms with van der Waals surface area (Å²) in [4.78, 5) is -0.140. The first-order valence-corrected chi connectivity index (χ1v) is 11.5. The van der Waals surface area contributed by atoms with Crippen molar-refractivity contribution in [3.05, 3.63) is 45.9 Å². The van der Waals surface area contributed by atoms with Crippen LogP contribution in [0.1, 0.15) is 6.92 Å². The van der Waals surface area contributed by atoms with Crippen molar-refractivity contribution in [2.45, 2.75) is 16.7 Å². The van der Waals surface area contributed by atoms with Gasteiger partial charge in [0.05, 0.1) is 22.2 Å². The number of benzene rings is 2. The molecule has 0 aliphatic carbocycles. The summed E-state index contributed by atoms with van der Waals surface area (Å²) in [6, 6.07) is 8.37. The molecule has 0 fully saturated rings. The van der Waals surface area contributed by atoms with Crippen LogP contribution in [0.5, 0.6) is 5.75 Å². The van der Waals surface area contributed by atoms with Crippen LogP contribution in [-0.4, -0.2) is 29.7 Å². The second-order valence-electron chi connectivity index (χ2n) is 5.04. The zero-order valence-electron chi connectivity index (χ0n) is 13.3. The van der Waals surface area contributed by atoms with E-state index in [2.05, 4.69) is 20.7 Å². The number of ether oxygens (including phenoxy) is 1. The number of sulfonamides is 1. The Kier molecular flexibility index (Phi) is 6.03. The van der Waals surface area contributed by atoms with Crippen molar-refractivity contribution in [3.8, 4) is 5.75 Å². The van der Waals surface area contributed by atoms with Gasteiger partial charge in [0.25, 0.3) is 10.0 Å². The number of halogens is 2. The van der Waals surface area contributed by atoms with Crippen molar-refractivity contribution in [2.75, 3.05) is 17.6 Å². The zero-order valence-corrected chi connectivity index (χ0v) is 17.3. The van der Waals surface area contributed by atoms with E-state index in [0.717, 1.165) is 6.26 Å². The Morgan fingerprint density at radius 2 is 1.80 bits per heavy atom. The van der Waals surface area contributed by atoms with E-state index in [1.165, 1.54) is 30.3 Å². The van der Waals surface area contributed by atoms with E-state index in [0.29, 0.717) is 4.47 Å². The fourth-order valence-corrected chi connectivity index (χ4v) is 4.60. The highest BCUT2D eigenvalue weighted by atomic mass is 79.9. The monoisotopic (exact) mass is 467 g/mol. The molecule has 0 radical (unpaired) electrons. The number of rotatable bonds is 6. The Morgan fingerprint density at radius 3 is 2.40 bits per heavy atom. The molecule has 0 saturated carbocycles. The van der Waals surface area contributed by atoms with Gasteiger partial charge in [0.1, 0.15) is 10.6 Å².